The SMILES string of the molecule is C=CS(=O)(=O)NCC1CCN(S(=O)(=O)c2ccc(C(=O)NCc3ccc(C(F)(F)F)cc3)cc2)C1. The van der Waals surface area contributed by atoms with E-state index >= 15 is 0 Å². The zero-order valence-electron chi connectivity index (χ0n) is 18.5. The highest BCUT2D eigenvalue weighted by molar-refractivity contribution is 7.92. The molecule has 1 unspecified atom stereocenters. The van der Waals surface area contributed by atoms with Crippen LogP contribution < -0.4 is 10.0 Å². The Labute approximate surface area is 201 Å². The first-order chi connectivity index (χ1) is 16.3. The third-order valence-corrected chi connectivity index (χ3v) is 8.42. The number of hydrogen-bond donors (Lipinski definition) is 2. The third kappa shape index (κ3) is 6.90. The molecule has 1 saturated heterocycles. The van der Waals surface area contributed by atoms with E-state index < -0.39 is 37.7 Å². The van der Waals surface area contributed by atoms with Crippen molar-refractivity contribution in [3.05, 3.63) is 77.2 Å². The van der Waals surface area contributed by atoms with Crippen LogP contribution in [-0.4, -0.2) is 46.7 Å². The molecule has 1 aliphatic rings. The van der Waals surface area contributed by atoms with E-state index in [4.69, 9.17) is 0 Å². The second-order valence-electron chi connectivity index (χ2n) is 7.98. The van der Waals surface area contributed by atoms with Crippen molar-refractivity contribution in [3.8, 4) is 0 Å². The standard InChI is InChI=1S/C22H24F3N3O5S2/c1-2-34(30,31)27-14-17-11-12-28(15-17)35(32,33)20-9-5-18(6-10-20)21(29)26-13-16-3-7-19(8-4-16)22(23,24)25/h2-10,17,27H,1,11-15H2,(H,26,29). The molecule has 1 aliphatic heterocycles. The minimum absolute atomic E-state index is 0.00178. The van der Waals surface area contributed by atoms with Crippen LogP contribution in [0.5, 0.6) is 0 Å². The molecular weight excluding hydrogens is 507 g/mol. The summed E-state index contributed by atoms with van der Waals surface area (Å²) >= 11 is 0. The number of sulfonamides is 2. The Bertz CT molecular complexity index is 1280. The Hall–Kier alpha value is -2.74. The summed E-state index contributed by atoms with van der Waals surface area (Å²) < 4.78 is 90.3. The quantitative estimate of drug-likeness (QED) is 0.517. The summed E-state index contributed by atoms with van der Waals surface area (Å²) in [7, 11) is -7.43. The van der Waals surface area contributed by atoms with Crippen LogP contribution in [0.2, 0.25) is 0 Å². The molecule has 1 amide bonds. The van der Waals surface area contributed by atoms with Crippen LogP contribution in [0, 0.1) is 5.92 Å². The third-order valence-electron chi connectivity index (χ3n) is 5.53. The summed E-state index contributed by atoms with van der Waals surface area (Å²) in [6, 6.07) is 9.69. The lowest BCUT2D eigenvalue weighted by Gasteiger charge is -2.17. The molecule has 2 aromatic rings. The van der Waals surface area contributed by atoms with Crippen molar-refractivity contribution in [2.24, 2.45) is 5.92 Å². The number of rotatable bonds is 9. The summed E-state index contributed by atoms with van der Waals surface area (Å²) in [5.41, 5.74) is -0.120. The van der Waals surface area contributed by atoms with E-state index in [2.05, 4.69) is 16.6 Å². The van der Waals surface area contributed by atoms with E-state index in [1.807, 2.05) is 0 Å². The molecule has 35 heavy (non-hydrogen) atoms. The van der Waals surface area contributed by atoms with Crippen LogP contribution in [0.15, 0.2) is 65.4 Å². The van der Waals surface area contributed by atoms with Gasteiger partial charge < -0.3 is 5.32 Å². The number of nitrogens with zero attached hydrogens (tertiary/aromatic N) is 1. The maximum Gasteiger partial charge on any atom is 0.416 e. The number of carbonyl (C=O) groups excluding carboxylic acids is 1. The molecule has 0 bridgehead atoms. The Morgan fingerprint density at radius 2 is 1.69 bits per heavy atom. The fourth-order valence-corrected chi connectivity index (χ4v) is 5.62. The van der Waals surface area contributed by atoms with Crippen molar-refractivity contribution in [2.75, 3.05) is 19.6 Å². The summed E-state index contributed by atoms with van der Waals surface area (Å²) in [5, 5.41) is 3.37. The Morgan fingerprint density at radius 3 is 2.26 bits per heavy atom. The number of benzene rings is 2. The average molecular weight is 532 g/mol. The van der Waals surface area contributed by atoms with Gasteiger partial charge in [-0.05, 0) is 54.3 Å². The lowest BCUT2D eigenvalue weighted by Crippen LogP contribution is -2.32. The molecule has 190 valence electrons. The minimum Gasteiger partial charge on any atom is -0.348 e. The fraction of sp³-hybridized carbons (Fsp3) is 0.318. The van der Waals surface area contributed by atoms with Crippen molar-refractivity contribution >= 4 is 26.0 Å². The zero-order valence-corrected chi connectivity index (χ0v) is 20.1. The van der Waals surface area contributed by atoms with Crippen molar-refractivity contribution in [3.63, 3.8) is 0 Å². The maximum atomic E-state index is 12.9. The van der Waals surface area contributed by atoms with Gasteiger partial charge in [0.25, 0.3) is 5.91 Å². The molecule has 13 heteroatoms. The van der Waals surface area contributed by atoms with Crippen LogP contribution in [0.25, 0.3) is 0 Å². The van der Waals surface area contributed by atoms with E-state index in [1.54, 1.807) is 0 Å². The zero-order chi connectivity index (χ0) is 25.9. The van der Waals surface area contributed by atoms with Gasteiger partial charge in [-0.25, -0.2) is 21.6 Å². The summed E-state index contributed by atoms with van der Waals surface area (Å²) in [5.74, 6) is -0.695. The number of nitrogens with one attached hydrogen (secondary N) is 2. The van der Waals surface area contributed by atoms with Gasteiger partial charge in [0.05, 0.1) is 10.5 Å². The highest BCUT2D eigenvalue weighted by atomic mass is 32.2. The van der Waals surface area contributed by atoms with Crippen molar-refractivity contribution in [2.45, 2.75) is 24.0 Å². The van der Waals surface area contributed by atoms with Gasteiger partial charge in [0.15, 0.2) is 0 Å². The van der Waals surface area contributed by atoms with Gasteiger partial charge in [-0.3, -0.25) is 4.79 Å². The second kappa shape index (κ2) is 10.5. The van der Waals surface area contributed by atoms with Crippen LogP contribution in [0.1, 0.15) is 27.9 Å². The number of amides is 1. The smallest absolute Gasteiger partial charge is 0.348 e. The van der Waals surface area contributed by atoms with Gasteiger partial charge in [-0.15, -0.1) is 0 Å². The Balaban J connectivity index is 1.57. The van der Waals surface area contributed by atoms with E-state index in [1.165, 1.54) is 40.7 Å². The molecule has 2 N–H and O–H groups in total. The molecule has 0 aliphatic carbocycles. The highest BCUT2D eigenvalue weighted by Gasteiger charge is 2.33. The van der Waals surface area contributed by atoms with E-state index in [-0.39, 0.29) is 42.6 Å². The largest absolute Gasteiger partial charge is 0.416 e. The molecule has 2 aromatic carbocycles. The first-order valence-corrected chi connectivity index (χ1v) is 13.5. The van der Waals surface area contributed by atoms with Crippen LogP contribution in [0.3, 0.4) is 0 Å². The summed E-state index contributed by atoms with van der Waals surface area (Å²) in [4.78, 5) is 12.4. The summed E-state index contributed by atoms with van der Waals surface area (Å²) in [6.45, 7) is 3.69. The predicted octanol–water partition coefficient (Wildman–Crippen LogP) is 2.71. The van der Waals surface area contributed by atoms with Gasteiger partial charge in [-0.1, -0.05) is 18.7 Å². The highest BCUT2D eigenvalue weighted by Crippen LogP contribution is 2.29. The van der Waals surface area contributed by atoms with Gasteiger partial charge in [0, 0.05) is 37.2 Å². The lowest BCUT2D eigenvalue weighted by molar-refractivity contribution is -0.137. The Kier molecular flexibility index (Phi) is 8.04. The van der Waals surface area contributed by atoms with Crippen molar-refractivity contribution in [1.29, 1.82) is 0 Å². The van der Waals surface area contributed by atoms with Gasteiger partial charge in [-0.2, -0.15) is 17.5 Å². The summed E-state index contributed by atoms with van der Waals surface area (Å²) in [6.07, 6.45) is -3.95. The monoisotopic (exact) mass is 531 g/mol. The van der Waals surface area contributed by atoms with Gasteiger partial charge in [0.1, 0.15) is 0 Å². The van der Waals surface area contributed by atoms with E-state index in [0.29, 0.717) is 12.0 Å². The molecule has 1 atom stereocenters. The minimum atomic E-state index is -4.44. The van der Waals surface area contributed by atoms with E-state index in [9.17, 15) is 34.8 Å². The topological polar surface area (TPSA) is 113 Å². The van der Waals surface area contributed by atoms with Crippen LogP contribution >= 0.6 is 0 Å². The number of halogens is 3. The molecular formula is C22H24F3N3O5S2. The number of alkyl halides is 3. The second-order valence-corrected chi connectivity index (χ2v) is 11.6. The molecule has 0 spiro atoms. The van der Waals surface area contributed by atoms with Crippen molar-refractivity contribution in [1.82, 2.24) is 14.3 Å². The molecule has 0 radical (unpaired) electrons. The first-order valence-electron chi connectivity index (χ1n) is 10.5. The molecule has 0 saturated carbocycles. The van der Waals surface area contributed by atoms with Crippen LogP contribution in [-0.2, 0) is 32.8 Å². The number of carbonyl (C=O) groups is 1. The van der Waals surface area contributed by atoms with Crippen LogP contribution in [0.4, 0.5) is 13.2 Å². The molecule has 1 heterocycles. The predicted molar refractivity (Wildman–Crippen MR) is 123 cm³/mol. The molecule has 1 fully saturated rings. The van der Waals surface area contributed by atoms with Crippen molar-refractivity contribution < 1.29 is 34.8 Å². The lowest BCUT2D eigenvalue weighted by atomic mass is 10.1. The first kappa shape index (κ1) is 26.9. The molecule has 8 nitrogen and oxygen atoms in total. The normalized spacial score (nSPS) is 17.3. The van der Waals surface area contributed by atoms with Gasteiger partial charge >= 0.3 is 6.18 Å². The number of hydrogen-bond acceptors (Lipinski definition) is 5. The Morgan fingerprint density at radius 1 is 1.06 bits per heavy atom. The molecule has 3 rings (SSSR count). The maximum absolute atomic E-state index is 12.9. The van der Waals surface area contributed by atoms with Gasteiger partial charge in [0.2, 0.25) is 20.0 Å². The molecule has 0 aromatic heterocycles. The average Bonchev–Trinajstić information content (AvgIpc) is 3.31. The fourth-order valence-electron chi connectivity index (χ4n) is 3.50. The van der Waals surface area contributed by atoms with E-state index in [0.717, 1.165) is 17.5 Å².